The van der Waals surface area contributed by atoms with E-state index in [0.717, 1.165) is 24.5 Å². The molecule has 0 bridgehead atoms. The number of nitrogens with zero attached hydrogens (tertiary/aromatic N) is 5. The maximum atomic E-state index is 12.7. The van der Waals surface area contributed by atoms with Crippen molar-refractivity contribution in [2.24, 2.45) is 9.98 Å². The fourth-order valence-electron chi connectivity index (χ4n) is 4.47. The zero-order valence-electron chi connectivity index (χ0n) is 19.1. The third-order valence-electron chi connectivity index (χ3n) is 6.08. The Kier molecular flexibility index (Phi) is 6.75. The van der Waals surface area contributed by atoms with Crippen LogP contribution in [0.4, 0.5) is 5.69 Å². The summed E-state index contributed by atoms with van der Waals surface area (Å²) in [7, 11) is 1.56. The third kappa shape index (κ3) is 4.63. The summed E-state index contributed by atoms with van der Waals surface area (Å²) in [4.78, 5) is 30.6. The van der Waals surface area contributed by atoms with Crippen molar-refractivity contribution in [2.45, 2.75) is 25.4 Å². The number of thiazole rings is 1. The number of guanidine groups is 1. The van der Waals surface area contributed by atoms with E-state index in [9.17, 15) is 9.90 Å². The number of likely N-dealkylation sites (tertiary alicyclic amines) is 1. The topological polar surface area (TPSA) is 112 Å². The highest BCUT2D eigenvalue weighted by molar-refractivity contribution is 7.11. The normalized spacial score (nSPS) is 18.5. The number of carbonyl (C=O) groups is 1. The molecule has 0 spiro atoms. The number of ether oxygens (including phenoxy) is 2. The standard InChI is InChI=1S/C23H28N6O4S/c1-32-20-17(33-13-15(30)12-28-8-3-2-4-9-28)6-5-16-19(20)26-23(29-10-7-25-21(16)29)27-22(31)18-11-24-14-34-18/h5-6,11,14-15,30H,2-4,7-10,12-13H2,1H3,(H,26,27,31)/t15-/m0/s1. The van der Waals surface area contributed by atoms with Crippen molar-refractivity contribution in [1.82, 2.24) is 20.1 Å². The van der Waals surface area contributed by atoms with Crippen LogP contribution in [-0.2, 0) is 0 Å². The zero-order chi connectivity index (χ0) is 23.5. The maximum Gasteiger partial charge on any atom is 0.269 e. The zero-order valence-corrected chi connectivity index (χ0v) is 19.9. The van der Waals surface area contributed by atoms with Crippen LogP contribution in [0.1, 0.15) is 34.5 Å². The predicted molar refractivity (Wildman–Crippen MR) is 130 cm³/mol. The Hall–Kier alpha value is -3.02. The fraction of sp³-hybridized carbons (Fsp3) is 0.478. The van der Waals surface area contributed by atoms with Crippen molar-refractivity contribution >= 4 is 34.7 Å². The molecule has 0 aliphatic carbocycles. The SMILES string of the molecule is COc1c(OC[C@@H](O)CN2CCCCC2)ccc2c1N=C(NC(=O)c1cncs1)N1CCN=C21. The molecule has 0 saturated carbocycles. The first-order valence-electron chi connectivity index (χ1n) is 11.5. The summed E-state index contributed by atoms with van der Waals surface area (Å²) >= 11 is 1.26. The van der Waals surface area contributed by atoms with Gasteiger partial charge in [-0.2, -0.15) is 0 Å². The van der Waals surface area contributed by atoms with E-state index in [-0.39, 0.29) is 12.5 Å². The number of aromatic nitrogens is 1. The van der Waals surface area contributed by atoms with E-state index in [1.807, 2.05) is 17.0 Å². The molecule has 1 aromatic heterocycles. The number of methoxy groups -OCH3 is 1. The van der Waals surface area contributed by atoms with Crippen LogP contribution in [0.2, 0.25) is 0 Å². The van der Waals surface area contributed by atoms with Crippen LogP contribution < -0.4 is 14.8 Å². The van der Waals surface area contributed by atoms with Gasteiger partial charge in [-0.3, -0.25) is 25.0 Å². The maximum absolute atomic E-state index is 12.7. The van der Waals surface area contributed by atoms with Crippen LogP contribution >= 0.6 is 11.3 Å². The van der Waals surface area contributed by atoms with Crippen LogP contribution in [0.5, 0.6) is 11.5 Å². The molecule has 5 rings (SSSR count). The third-order valence-corrected chi connectivity index (χ3v) is 6.86. The average molecular weight is 485 g/mol. The van der Waals surface area contributed by atoms with Gasteiger partial charge in [0, 0.05) is 18.7 Å². The molecule has 4 heterocycles. The summed E-state index contributed by atoms with van der Waals surface area (Å²) in [5, 5.41) is 13.4. The lowest BCUT2D eigenvalue weighted by molar-refractivity contribution is 0.0608. The lowest BCUT2D eigenvalue weighted by atomic mass is 10.1. The molecule has 10 nitrogen and oxygen atoms in total. The van der Waals surface area contributed by atoms with Gasteiger partial charge in [0.25, 0.3) is 5.91 Å². The summed E-state index contributed by atoms with van der Waals surface area (Å²) < 4.78 is 11.6. The number of amidine groups is 1. The van der Waals surface area contributed by atoms with Crippen molar-refractivity contribution in [3.05, 3.63) is 34.3 Å². The quantitative estimate of drug-likeness (QED) is 0.617. The minimum absolute atomic E-state index is 0.150. The molecule has 2 aromatic rings. The monoisotopic (exact) mass is 484 g/mol. The summed E-state index contributed by atoms with van der Waals surface area (Å²) in [6, 6.07) is 3.72. The minimum Gasteiger partial charge on any atom is -0.491 e. The summed E-state index contributed by atoms with van der Waals surface area (Å²) in [5.74, 6) is 1.79. The molecule has 2 N–H and O–H groups in total. The largest absolute Gasteiger partial charge is 0.491 e. The van der Waals surface area contributed by atoms with Gasteiger partial charge in [-0.1, -0.05) is 6.42 Å². The Morgan fingerprint density at radius 1 is 1.26 bits per heavy atom. The fourth-order valence-corrected chi connectivity index (χ4v) is 4.99. The van der Waals surface area contributed by atoms with Crippen LogP contribution in [0.15, 0.2) is 33.8 Å². The van der Waals surface area contributed by atoms with Gasteiger partial charge < -0.3 is 19.5 Å². The van der Waals surface area contributed by atoms with Gasteiger partial charge in [-0.15, -0.1) is 11.3 Å². The molecule has 1 amide bonds. The Morgan fingerprint density at radius 3 is 2.88 bits per heavy atom. The number of nitrogens with one attached hydrogen (secondary N) is 1. The number of β-amino-alcohol motifs (C(OH)–C–C–N with tert-alkyl or cyclic N) is 1. The summed E-state index contributed by atoms with van der Waals surface area (Å²) in [6.07, 6.45) is 4.52. The molecular formula is C23H28N6O4S. The van der Waals surface area contributed by atoms with E-state index in [1.165, 1.54) is 36.8 Å². The number of rotatable bonds is 7. The van der Waals surface area contributed by atoms with Gasteiger partial charge in [0.1, 0.15) is 29.1 Å². The molecule has 0 radical (unpaired) electrons. The number of aliphatic imine (C=N–C) groups is 2. The lowest BCUT2D eigenvalue weighted by Gasteiger charge is -2.29. The van der Waals surface area contributed by atoms with Gasteiger partial charge in [-0.25, -0.2) is 4.99 Å². The molecule has 11 heteroatoms. The first-order valence-corrected chi connectivity index (χ1v) is 12.4. The number of aliphatic hydroxyl groups excluding tert-OH is 1. The van der Waals surface area contributed by atoms with Crippen LogP contribution in [0.3, 0.4) is 0 Å². The highest BCUT2D eigenvalue weighted by Gasteiger charge is 2.33. The van der Waals surface area contributed by atoms with E-state index >= 15 is 0 Å². The van der Waals surface area contributed by atoms with Crippen molar-refractivity contribution in [3.8, 4) is 11.5 Å². The van der Waals surface area contributed by atoms with Crippen LogP contribution in [0, 0.1) is 0 Å². The van der Waals surface area contributed by atoms with Gasteiger partial charge >= 0.3 is 0 Å². The number of hydrogen-bond donors (Lipinski definition) is 2. The molecule has 1 atom stereocenters. The Morgan fingerprint density at radius 2 is 2.12 bits per heavy atom. The predicted octanol–water partition coefficient (Wildman–Crippen LogP) is 1.87. The first kappa shape index (κ1) is 22.8. The molecular weight excluding hydrogens is 456 g/mol. The van der Waals surface area contributed by atoms with Gasteiger partial charge in [0.15, 0.2) is 11.5 Å². The van der Waals surface area contributed by atoms with Crippen LogP contribution in [-0.4, -0.2) is 90.1 Å². The van der Waals surface area contributed by atoms with Crippen molar-refractivity contribution < 1.29 is 19.4 Å². The first-order chi connectivity index (χ1) is 16.6. The second-order valence-corrected chi connectivity index (χ2v) is 9.32. The number of hydrogen-bond acceptors (Lipinski definition) is 10. The number of piperidine rings is 1. The molecule has 3 aliphatic rings. The average Bonchev–Trinajstić information content (AvgIpc) is 3.56. The van der Waals surface area contributed by atoms with Crippen molar-refractivity contribution in [2.75, 3.05) is 46.4 Å². The van der Waals surface area contributed by atoms with Crippen LogP contribution in [0.25, 0.3) is 0 Å². The number of aliphatic hydroxyl groups is 1. The number of carbonyl (C=O) groups excluding carboxylic acids is 1. The second kappa shape index (κ2) is 10.1. The van der Waals surface area contributed by atoms with E-state index < -0.39 is 6.10 Å². The van der Waals surface area contributed by atoms with Crippen molar-refractivity contribution in [1.29, 1.82) is 0 Å². The second-order valence-electron chi connectivity index (χ2n) is 8.43. The molecule has 1 fully saturated rings. The lowest BCUT2D eigenvalue weighted by Crippen LogP contribution is -2.47. The Labute approximate surface area is 201 Å². The molecule has 1 saturated heterocycles. The van der Waals surface area contributed by atoms with Gasteiger partial charge in [0.2, 0.25) is 5.96 Å². The Balaban J connectivity index is 1.37. The molecule has 3 aliphatic heterocycles. The highest BCUT2D eigenvalue weighted by atomic mass is 32.1. The smallest absolute Gasteiger partial charge is 0.269 e. The van der Waals surface area contributed by atoms with E-state index in [0.29, 0.717) is 47.7 Å². The van der Waals surface area contributed by atoms with Gasteiger partial charge in [-0.05, 0) is 38.1 Å². The summed E-state index contributed by atoms with van der Waals surface area (Å²) in [6.45, 7) is 4.00. The van der Waals surface area contributed by atoms with E-state index in [4.69, 9.17) is 14.5 Å². The Bertz CT molecular complexity index is 1100. The van der Waals surface area contributed by atoms with E-state index in [2.05, 4.69) is 20.2 Å². The number of fused-ring (bicyclic) bond motifs is 3. The van der Waals surface area contributed by atoms with Gasteiger partial charge in [0.05, 0.1) is 25.4 Å². The number of benzene rings is 1. The minimum atomic E-state index is -0.605. The molecule has 1 aromatic carbocycles. The van der Waals surface area contributed by atoms with Crippen molar-refractivity contribution in [3.63, 3.8) is 0 Å². The molecule has 180 valence electrons. The highest BCUT2D eigenvalue weighted by Crippen LogP contribution is 2.43. The number of amides is 1. The summed E-state index contributed by atoms with van der Waals surface area (Å²) in [5.41, 5.74) is 2.97. The molecule has 34 heavy (non-hydrogen) atoms. The molecule has 0 unspecified atom stereocenters. The van der Waals surface area contributed by atoms with E-state index in [1.54, 1.807) is 12.6 Å².